The Hall–Kier alpha value is -1.35. The van der Waals surface area contributed by atoms with Gasteiger partial charge in [-0.15, -0.1) is 0 Å². The normalized spacial score (nSPS) is 21.8. The van der Waals surface area contributed by atoms with E-state index in [1.165, 1.54) is 11.1 Å². The van der Waals surface area contributed by atoms with Crippen molar-refractivity contribution in [2.45, 2.75) is 45.1 Å². The highest BCUT2D eigenvalue weighted by atomic mass is 16.1. The Morgan fingerprint density at radius 3 is 2.58 bits per heavy atom. The number of rotatable bonds is 6. The molecule has 0 saturated heterocycles. The maximum atomic E-state index is 11.5. The Morgan fingerprint density at radius 2 is 1.95 bits per heavy atom. The van der Waals surface area contributed by atoms with Crippen LogP contribution in [-0.4, -0.2) is 25.0 Å². The predicted octanol–water partition coefficient (Wildman–Crippen LogP) is 2.36. The van der Waals surface area contributed by atoms with Crippen LogP contribution in [0.25, 0.3) is 0 Å². The maximum Gasteiger partial charge on any atom is 0.233 e. The van der Waals surface area contributed by atoms with Crippen LogP contribution in [0.2, 0.25) is 0 Å². The fourth-order valence-electron chi connectivity index (χ4n) is 2.46. The molecule has 2 rings (SSSR count). The Bertz CT molecular complexity index is 407. The second-order valence-electron chi connectivity index (χ2n) is 5.51. The van der Waals surface area contributed by atoms with Crippen molar-refractivity contribution in [1.29, 1.82) is 0 Å². The Morgan fingerprint density at radius 1 is 1.26 bits per heavy atom. The largest absolute Gasteiger partial charge is 0.355 e. The highest BCUT2D eigenvalue weighted by Gasteiger charge is 2.29. The number of amides is 1. The summed E-state index contributed by atoms with van der Waals surface area (Å²) >= 11 is 0. The van der Waals surface area contributed by atoms with Crippen LogP contribution < -0.4 is 10.6 Å². The molecule has 0 radical (unpaired) electrons. The first-order chi connectivity index (χ1) is 9.19. The molecule has 2 N–H and O–H groups in total. The smallest absolute Gasteiger partial charge is 0.233 e. The molecule has 1 aromatic carbocycles. The molecule has 0 aliphatic heterocycles. The van der Waals surface area contributed by atoms with Gasteiger partial charge in [0, 0.05) is 12.6 Å². The van der Waals surface area contributed by atoms with E-state index in [0.29, 0.717) is 18.5 Å². The number of carbonyl (C=O) groups is 1. The van der Waals surface area contributed by atoms with Crippen LogP contribution in [-0.2, 0) is 4.79 Å². The van der Waals surface area contributed by atoms with Gasteiger partial charge in [-0.1, -0.05) is 36.8 Å². The van der Waals surface area contributed by atoms with Crippen molar-refractivity contribution >= 4 is 5.91 Å². The van der Waals surface area contributed by atoms with E-state index >= 15 is 0 Å². The van der Waals surface area contributed by atoms with Crippen molar-refractivity contribution in [2.75, 3.05) is 13.1 Å². The molecule has 1 fully saturated rings. The summed E-state index contributed by atoms with van der Waals surface area (Å²) < 4.78 is 0. The highest BCUT2D eigenvalue weighted by Crippen LogP contribution is 2.36. The average Bonchev–Trinajstić information content (AvgIpc) is 2.36. The summed E-state index contributed by atoms with van der Waals surface area (Å²) in [5.41, 5.74) is 2.74. The van der Waals surface area contributed by atoms with Crippen molar-refractivity contribution in [2.24, 2.45) is 0 Å². The van der Waals surface area contributed by atoms with Gasteiger partial charge < -0.3 is 10.6 Å². The first-order valence-corrected chi connectivity index (χ1v) is 7.25. The molecule has 0 spiro atoms. The lowest BCUT2D eigenvalue weighted by Crippen LogP contribution is -2.45. The third-order valence-corrected chi connectivity index (χ3v) is 3.81. The molecule has 0 aromatic heterocycles. The Balaban J connectivity index is 1.66. The lowest BCUT2D eigenvalue weighted by Gasteiger charge is -2.36. The van der Waals surface area contributed by atoms with E-state index in [-0.39, 0.29) is 5.91 Å². The van der Waals surface area contributed by atoms with Gasteiger partial charge in [-0.25, -0.2) is 0 Å². The summed E-state index contributed by atoms with van der Waals surface area (Å²) in [5.74, 6) is 0.775. The van der Waals surface area contributed by atoms with Gasteiger partial charge in [0.05, 0.1) is 6.54 Å². The summed E-state index contributed by atoms with van der Waals surface area (Å²) in [6.45, 7) is 5.40. The van der Waals surface area contributed by atoms with Gasteiger partial charge >= 0.3 is 0 Å². The number of hydrogen-bond acceptors (Lipinski definition) is 2. The fraction of sp³-hybridized carbons (Fsp3) is 0.562. The number of aryl methyl sites for hydroxylation is 1. The average molecular weight is 260 g/mol. The standard InChI is InChI=1S/C16H24N2O/c1-3-8-17-16(19)11-18-15-9-14(10-15)13-6-4-12(2)5-7-13/h4-7,14-15,18H,3,8-11H2,1-2H3,(H,17,19). The maximum absolute atomic E-state index is 11.5. The zero-order valence-corrected chi connectivity index (χ0v) is 11.9. The van der Waals surface area contributed by atoms with E-state index in [1.807, 2.05) is 0 Å². The topological polar surface area (TPSA) is 41.1 Å². The number of hydrogen-bond donors (Lipinski definition) is 2. The SMILES string of the molecule is CCCNC(=O)CNC1CC(c2ccc(C)cc2)C1. The van der Waals surface area contributed by atoms with Crippen molar-refractivity contribution in [1.82, 2.24) is 10.6 Å². The third-order valence-electron chi connectivity index (χ3n) is 3.81. The van der Waals surface area contributed by atoms with Crippen LogP contribution in [0.1, 0.15) is 43.2 Å². The summed E-state index contributed by atoms with van der Waals surface area (Å²) in [5, 5.41) is 6.21. The summed E-state index contributed by atoms with van der Waals surface area (Å²) in [6, 6.07) is 9.30. The van der Waals surface area contributed by atoms with Crippen molar-refractivity contribution in [3.8, 4) is 0 Å². The second-order valence-corrected chi connectivity index (χ2v) is 5.51. The van der Waals surface area contributed by atoms with E-state index in [1.54, 1.807) is 0 Å². The highest BCUT2D eigenvalue weighted by molar-refractivity contribution is 5.77. The summed E-state index contributed by atoms with van der Waals surface area (Å²) in [6.07, 6.45) is 3.28. The molecular weight excluding hydrogens is 236 g/mol. The quantitative estimate of drug-likeness (QED) is 0.824. The Labute approximate surface area is 115 Å². The van der Waals surface area contributed by atoms with Gasteiger partial charge in [0.25, 0.3) is 0 Å². The third kappa shape index (κ3) is 4.06. The molecule has 3 heteroatoms. The molecule has 1 aliphatic carbocycles. The molecule has 3 nitrogen and oxygen atoms in total. The molecule has 1 amide bonds. The molecule has 19 heavy (non-hydrogen) atoms. The first kappa shape index (κ1) is 14.1. The molecule has 1 saturated carbocycles. The van der Waals surface area contributed by atoms with Crippen molar-refractivity contribution in [3.05, 3.63) is 35.4 Å². The van der Waals surface area contributed by atoms with Crippen LogP contribution in [0.5, 0.6) is 0 Å². The molecule has 0 heterocycles. The van der Waals surface area contributed by atoms with Gasteiger partial charge in [0.2, 0.25) is 5.91 Å². The van der Waals surface area contributed by atoms with Crippen LogP contribution in [0.4, 0.5) is 0 Å². The van der Waals surface area contributed by atoms with E-state index in [9.17, 15) is 4.79 Å². The minimum atomic E-state index is 0.112. The van der Waals surface area contributed by atoms with Gasteiger partial charge in [-0.3, -0.25) is 4.79 Å². The monoisotopic (exact) mass is 260 g/mol. The molecule has 1 aromatic rings. The minimum absolute atomic E-state index is 0.112. The van der Waals surface area contributed by atoms with Crippen molar-refractivity contribution in [3.63, 3.8) is 0 Å². The van der Waals surface area contributed by atoms with Crippen LogP contribution in [0, 0.1) is 6.92 Å². The predicted molar refractivity (Wildman–Crippen MR) is 78.2 cm³/mol. The van der Waals surface area contributed by atoms with Gasteiger partial charge in [-0.2, -0.15) is 0 Å². The molecular formula is C16H24N2O. The van der Waals surface area contributed by atoms with Gasteiger partial charge in [-0.05, 0) is 37.7 Å². The number of benzene rings is 1. The summed E-state index contributed by atoms with van der Waals surface area (Å²) in [7, 11) is 0. The van der Waals surface area contributed by atoms with E-state index < -0.39 is 0 Å². The molecule has 1 aliphatic rings. The fourth-order valence-corrected chi connectivity index (χ4v) is 2.46. The molecule has 0 unspecified atom stereocenters. The summed E-state index contributed by atoms with van der Waals surface area (Å²) in [4.78, 5) is 11.5. The minimum Gasteiger partial charge on any atom is -0.355 e. The van der Waals surface area contributed by atoms with Gasteiger partial charge in [0.1, 0.15) is 0 Å². The molecule has 0 atom stereocenters. The molecule has 104 valence electrons. The lowest BCUT2D eigenvalue weighted by atomic mass is 9.76. The molecule has 0 bridgehead atoms. The second kappa shape index (κ2) is 6.71. The van der Waals surface area contributed by atoms with E-state index in [0.717, 1.165) is 25.8 Å². The van der Waals surface area contributed by atoms with Crippen molar-refractivity contribution < 1.29 is 4.79 Å². The Kier molecular flexibility index (Phi) is 4.97. The zero-order valence-electron chi connectivity index (χ0n) is 11.9. The first-order valence-electron chi connectivity index (χ1n) is 7.25. The number of carbonyl (C=O) groups excluding carboxylic acids is 1. The van der Waals surface area contributed by atoms with E-state index in [2.05, 4.69) is 48.7 Å². The van der Waals surface area contributed by atoms with Crippen LogP contribution >= 0.6 is 0 Å². The lowest BCUT2D eigenvalue weighted by molar-refractivity contribution is -0.120. The van der Waals surface area contributed by atoms with Gasteiger partial charge in [0.15, 0.2) is 0 Å². The van der Waals surface area contributed by atoms with Crippen LogP contribution in [0.3, 0.4) is 0 Å². The van der Waals surface area contributed by atoms with Crippen LogP contribution in [0.15, 0.2) is 24.3 Å². The zero-order chi connectivity index (χ0) is 13.7. The number of nitrogens with one attached hydrogen (secondary N) is 2. The van der Waals surface area contributed by atoms with E-state index in [4.69, 9.17) is 0 Å².